The highest BCUT2D eigenvalue weighted by Crippen LogP contribution is 2.27. The van der Waals surface area contributed by atoms with Crippen LogP contribution in [0.5, 0.6) is 0 Å². The van der Waals surface area contributed by atoms with Crippen molar-refractivity contribution in [1.82, 2.24) is 9.80 Å². The fraction of sp³-hybridized carbons (Fsp3) is 0.333. The van der Waals surface area contributed by atoms with E-state index in [-0.39, 0.29) is 17.7 Å². The molecule has 0 aliphatic carbocycles. The number of carbonyl (C=O) groups excluding carboxylic acids is 2. The third kappa shape index (κ3) is 4.80. The fourth-order valence-corrected chi connectivity index (χ4v) is 3.93. The number of hydrogen-bond donors (Lipinski definition) is 0. The Labute approximate surface area is 180 Å². The first-order chi connectivity index (χ1) is 13.4. The maximum absolute atomic E-state index is 12.8. The first kappa shape index (κ1) is 21.0. The number of halogens is 3. The second-order valence-electron chi connectivity index (χ2n) is 6.98. The lowest BCUT2D eigenvalue weighted by Gasteiger charge is -2.33. The summed E-state index contributed by atoms with van der Waals surface area (Å²) in [6, 6.07) is 12.3. The summed E-state index contributed by atoms with van der Waals surface area (Å²) in [6.07, 6.45) is 1.29. The van der Waals surface area contributed by atoms with Crippen LogP contribution in [0.2, 0.25) is 15.1 Å². The summed E-state index contributed by atoms with van der Waals surface area (Å²) in [5.41, 5.74) is 1.43. The van der Waals surface area contributed by atoms with Crippen LogP contribution in [0.4, 0.5) is 0 Å². The van der Waals surface area contributed by atoms with Gasteiger partial charge in [0, 0.05) is 43.2 Å². The van der Waals surface area contributed by atoms with E-state index < -0.39 is 0 Å². The zero-order chi connectivity index (χ0) is 20.3. The van der Waals surface area contributed by atoms with Crippen LogP contribution in [0.3, 0.4) is 0 Å². The predicted octanol–water partition coefficient (Wildman–Crippen LogP) is 5.16. The molecule has 0 unspecified atom stereocenters. The van der Waals surface area contributed by atoms with Crippen molar-refractivity contribution in [2.75, 3.05) is 20.1 Å². The molecule has 2 aromatic rings. The van der Waals surface area contributed by atoms with Gasteiger partial charge in [-0.3, -0.25) is 9.59 Å². The van der Waals surface area contributed by atoms with E-state index in [9.17, 15) is 9.59 Å². The SMILES string of the molecule is CN(Cc1cccc(Cl)c1Cl)C(=O)C1CCN(C(=O)c2ccc(Cl)cc2)CC1. The molecule has 4 nitrogen and oxygen atoms in total. The Morgan fingerprint density at radius 2 is 1.68 bits per heavy atom. The molecule has 0 N–H and O–H groups in total. The summed E-state index contributed by atoms with van der Waals surface area (Å²) in [7, 11) is 1.77. The minimum absolute atomic E-state index is 0.0263. The average molecular weight is 440 g/mol. The van der Waals surface area contributed by atoms with Crippen LogP contribution in [0.25, 0.3) is 0 Å². The van der Waals surface area contributed by atoms with Crippen molar-refractivity contribution >= 4 is 46.6 Å². The minimum Gasteiger partial charge on any atom is -0.341 e. The molecule has 0 bridgehead atoms. The van der Waals surface area contributed by atoms with Crippen molar-refractivity contribution in [1.29, 1.82) is 0 Å². The normalized spacial score (nSPS) is 14.8. The Bertz CT molecular complexity index is 862. The van der Waals surface area contributed by atoms with Crippen LogP contribution in [0, 0.1) is 5.92 Å². The van der Waals surface area contributed by atoms with Crippen LogP contribution >= 0.6 is 34.8 Å². The van der Waals surface area contributed by atoms with Crippen LogP contribution in [0.1, 0.15) is 28.8 Å². The first-order valence-electron chi connectivity index (χ1n) is 9.09. The molecule has 1 saturated heterocycles. The lowest BCUT2D eigenvalue weighted by molar-refractivity contribution is -0.136. The zero-order valence-corrected chi connectivity index (χ0v) is 17.8. The Kier molecular flexibility index (Phi) is 6.86. The number of carbonyl (C=O) groups is 2. The molecule has 1 aliphatic rings. The van der Waals surface area contributed by atoms with Crippen molar-refractivity contribution in [3.05, 3.63) is 68.7 Å². The van der Waals surface area contributed by atoms with Crippen LogP contribution in [-0.4, -0.2) is 41.8 Å². The van der Waals surface area contributed by atoms with Gasteiger partial charge >= 0.3 is 0 Å². The number of hydrogen-bond acceptors (Lipinski definition) is 2. The van der Waals surface area contributed by atoms with Gasteiger partial charge in [-0.05, 0) is 48.7 Å². The van der Waals surface area contributed by atoms with Gasteiger partial charge in [0.25, 0.3) is 5.91 Å². The highest BCUT2D eigenvalue weighted by molar-refractivity contribution is 6.42. The smallest absolute Gasteiger partial charge is 0.253 e. The van der Waals surface area contributed by atoms with Crippen molar-refractivity contribution in [2.24, 2.45) is 5.92 Å². The number of likely N-dealkylation sites (tertiary alicyclic amines) is 1. The number of piperidine rings is 1. The molecule has 0 aromatic heterocycles. The fourth-order valence-electron chi connectivity index (χ4n) is 3.42. The zero-order valence-electron chi connectivity index (χ0n) is 15.5. The third-order valence-corrected chi connectivity index (χ3v) is 6.15. The summed E-state index contributed by atoms with van der Waals surface area (Å²) in [5, 5.41) is 1.56. The summed E-state index contributed by atoms with van der Waals surface area (Å²) in [5.74, 6) is -0.0616. The van der Waals surface area contributed by atoms with E-state index in [2.05, 4.69) is 0 Å². The molecule has 2 amide bonds. The molecular weight excluding hydrogens is 419 g/mol. The van der Waals surface area contributed by atoms with Crippen molar-refractivity contribution in [2.45, 2.75) is 19.4 Å². The van der Waals surface area contributed by atoms with E-state index >= 15 is 0 Å². The molecule has 2 aromatic carbocycles. The van der Waals surface area contributed by atoms with Gasteiger partial charge in [-0.25, -0.2) is 0 Å². The second-order valence-corrected chi connectivity index (χ2v) is 8.20. The highest BCUT2D eigenvalue weighted by atomic mass is 35.5. The second kappa shape index (κ2) is 9.17. The van der Waals surface area contributed by atoms with Crippen molar-refractivity contribution in [3.63, 3.8) is 0 Å². The summed E-state index contributed by atoms with van der Waals surface area (Å²) in [4.78, 5) is 28.9. The number of nitrogens with zero attached hydrogens (tertiary/aromatic N) is 2. The molecule has 1 heterocycles. The van der Waals surface area contributed by atoms with Gasteiger partial charge in [-0.15, -0.1) is 0 Å². The number of amides is 2. The van der Waals surface area contributed by atoms with E-state index in [0.29, 0.717) is 53.1 Å². The molecule has 3 rings (SSSR count). The molecule has 148 valence electrons. The number of rotatable bonds is 4. The van der Waals surface area contributed by atoms with E-state index in [1.54, 1.807) is 47.2 Å². The average Bonchev–Trinajstić information content (AvgIpc) is 2.71. The topological polar surface area (TPSA) is 40.6 Å². The van der Waals surface area contributed by atoms with Crippen LogP contribution in [-0.2, 0) is 11.3 Å². The molecule has 1 aliphatic heterocycles. The van der Waals surface area contributed by atoms with Gasteiger partial charge in [0.05, 0.1) is 10.0 Å². The monoisotopic (exact) mass is 438 g/mol. The van der Waals surface area contributed by atoms with Gasteiger partial charge in [-0.2, -0.15) is 0 Å². The summed E-state index contributed by atoms with van der Waals surface area (Å²) >= 11 is 18.2. The molecule has 28 heavy (non-hydrogen) atoms. The summed E-state index contributed by atoms with van der Waals surface area (Å²) < 4.78 is 0. The molecule has 7 heteroatoms. The Morgan fingerprint density at radius 1 is 1.04 bits per heavy atom. The molecule has 1 fully saturated rings. The Balaban J connectivity index is 1.56. The lowest BCUT2D eigenvalue weighted by Crippen LogP contribution is -2.43. The van der Waals surface area contributed by atoms with E-state index in [4.69, 9.17) is 34.8 Å². The van der Waals surface area contributed by atoms with Crippen molar-refractivity contribution < 1.29 is 9.59 Å². The van der Waals surface area contributed by atoms with Gasteiger partial charge < -0.3 is 9.80 Å². The van der Waals surface area contributed by atoms with E-state index in [1.807, 2.05) is 12.1 Å². The van der Waals surface area contributed by atoms with Crippen LogP contribution in [0.15, 0.2) is 42.5 Å². The molecular formula is C21H21Cl3N2O2. The maximum atomic E-state index is 12.8. The molecule has 0 atom stereocenters. The quantitative estimate of drug-likeness (QED) is 0.660. The number of benzene rings is 2. The van der Waals surface area contributed by atoms with Crippen molar-refractivity contribution in [3.8, 4) is 0 Å². The molecule has 0 spiro atoms. The van der Waals surface area contributed by atoms with Gasteiger partial charge in [-0.1, -0.05) is 46.9 Å². The van der Waals surface area contributed by atoms with E-state index in [1.165, 1.54) is 0 Å². The Hall–Kier alpha value is -1.75. The third-order valence-electron chi connectivity index (χ3n) is 5.04. The standard InChI is InChI=1S/C21H21Cl3N2O2/c1-25(13-16-3-2-4-18(23)19(16)24)20(27)15-9-11-26(12-10-15)21(28)14-5-7-17(22)8-6-14/h2-8,15H,9-13H2,1H3. The van der Waals surface area contributed by atoms with E-state index in [0.717, 1.165) is 5.56 Å². The van der Waals surface area contributed by atoms with Gasteiger partial charge in [0.1, 0.15) is 0 Å². The maximum Gasteiger partial charge on any atom is 0.253 e. The van der Waals surface area contributed by atoms with Crippen LogP contribution < -0.4 is 0 Å². The largest absolute Gasteiger partial charge is 0.341 e. The van der Waals surface area contributed by atoms with Gasteiger partial charge in [0.15, 0.2) is 0 Å². The molecule has 0 saturated carbocycles. The lowest BCUT2D eigenvalue weighted by atomic mass is 9.94. The minimum atomic E-state index is -0.0998. The highest BCUT2D eigenvalue weighted by Gasteiger charge is 2.29. The molecule has 0 radical (unpaired) electrons. The first-order valence-corrected chi connectivity index (χ1v) is 10.2. The Morgan fingerprint density at radius 3 is 2.32 bits per heavy atom. The predicted molar refractivity (Wildman–Crippen MR) is 113 cm³/mol. The summed E-state index contributed by atoms with van der Waals surface area (Å²) in [6.45, 7) is 1.52. The van der Waals surface area contributed by atoms with Gasteiger partial charge in [0.2, 0.25) is 5.91 Å².